The molecule has 1 unspecified atom stereocenters. The Morgan fingerprint density at radius 3 is 2.58 bits per heavy atom. The van der Waals surface area contributed by atoms with Crippen molar-refractivity contribution in [1.82, 2.24) is 10.2 Å². The van der Waals surface area contributed by atoms with Crippen LogP contribution in [0.1, 0.15) is 64.8 Å². The molecule has 1 atom stereocenters. The van der Waals surface area contributed by atoms with E-state index in [4.69, 9.17) is 0 Å². The molecule has 3 nitrogen and oxygen atoms in total. The molecule has 1 aliphatic carbocycles. The summed E-state index contributed by atoms with van der Waals surface area (Å²) in [5, 5.41) is 3.20. The first-order chi connectivity index (χ1) is 12.7. The van der Waals surface area contributed by atoms with Crippen LogP contribution < -0.4 is 5.32 Å². The van der Waals surface area contributed by atoms with Gasteiger partial charge >= 0.3 is 0 Å². The summed E-state index contributed by atoms with van der Waals surface area (Å²) in [7, 11) is 0. The summed E-state index contributed by atoms with van der Waals surface area (Å²) in [5.41, 5.74) is 2.67. The largest absolute Gasteiger partial charge is 0.349 e. The number of amides is 1. The predicted molar refractivity (Wildman–Crippen MR) is 110 cm³/mol. The Morgan fingerprint density at radius 1 is 1.12 bits per heavy atom. The molecule has 0 fully saturated rings. The van der Waals surface area contributed by atoms with Crippen LogP contribution >= 0.6 is 11.3 Å². The summed E-state index contributed by atoms with van der Waals surface area (Å²) in [6, 6.07) is 12.8. The topological polar surface area (TPSA) is 32.3 Å². The first kappa shape index (κ1) is 19.1. The van der Waals surface area contributed by atoms with Gasteiger partial charge in [0, 0.05) is 11.4 Å². The number of aryl methyl sites for hydroxylation is 2. The van der Waals surface area contributed by atoms with Crippen LogP contribution in [0.3, 0.4) is 0 Å². The number of benzene rings is 1. The molecule has 1 N–H and O–H groups in total. The lowest BCUT2D eigenvalue weighted by atomic mass is 10.0. The fourth-order valence-corrected chi connectivity index (χ4v) is 5.02. The molecule has 0 aliphatic heterocycles. The van der Waals surface area contributed by atoms with Gasteiger partial charge in [0.05, 0.1) is 10.9 Å². The van der Waals surface area contributed by atoms with Crippen LogP contribution in [0, 0.1) is 0 Å². The summed E-state index contributed by atoms with van der Waals surface area (Å²) in [4.78, 5) is 17.5. The Kier molecular flexibility index (Phi) is 6.86. The van der Waals surface area contributed by atoms with E-state index in [2.05, 4.69) is 54.4 Å². The van der Waals surface area contributed by atoms with Crippen LogP contribution in [-0.2, 0) is 12.8 Å². The Balaban J connectivity index is 1.69. The summed E-state index contributed by atoms with van der Waals surface area (Å²) in [5.74, 6) is 0.0798. The first-order valence-electron chi connectivity index (χ1n) is 9.91. The van der Waals surface area contributed by atoms with Crippen LogP contribution in [0.4, 0.5) is 0 Å². The number of carbonyl (C=O) groups is 1. The average Bonchev–Trinajstić information content (AvgIpc) is 2.96. The van der Waals surface area contributed by atoms with E-state index in [9.17, 15) is 4.79 Å². The van der Waals surface area contributed by atoms with Crippen LogP contribution in [0.5, 0.6) is 0 Å². The zero-order chi connectivity index (χ0) is 18.4. The standard InChI is InChI=1S/C22H30N2OS/c1-3-24(4-2)19(17-11-7-5-8-12-17)16-23-22(25)21-15-18-13-9-6-10-14-20(18)26-21/h5,7-8,11-12,15,19H,3-4,6,9-10,13-14,16H2,1-2H3,(H,23,25). The highest BCUT2D eigenvalue weighted by Crippen LogP contribution is 2.29. The number of nitrogens with one attached hydrogen (secondary N) is 1. The normalized spacial score (nSPS) is 15.3. The van der Waals surface area contributed by atoms with Gasteiger partial charge in [-0.1, -0.05) is 50.6 Å². The van der Waals surface area contributed by atoms with Crippen molar-refractivity contribution >= 4 is 17.2 Å². The maximum absolute atomic E-state index is 12.8. The fourth-order valence-electron chi connectivity index (χ4n) is 3.85. The lowest BCUT2D eigenvalue weighted by molar-refractivity contribution is 0.0939. The Hall–Kier alpha value is -1.65. The van der Waals surface area contributed by atoms with Crippen molar-refractivity contribution < 1.29 is 4.79 Å². The van der Waals surface area contributed by atoms with E-state index < -0.39 is 0 Å². The van der Waals surface area contributed by atoms with E-state index in [1.165, 1.54) is 35.3 Å². The molecule has 4 heteroatoms. The Labute approximate surface area is 161 Å². The second kappa shape index (κ2) is 9.33. The van der Waals surface area contributed by atoms with E-state index in [1.807, 2.05) is 6.07 Å². The second-order valence-electron chi connectivity index (χ2n) is 6.98. The summed E-state index contributed by atoms with van der Waals surface area (Å²) in [6.07, 6.45) is 6.09. The molecular weight excluding hydrogens is 340 g/mol. The molecule has 1 amide bonds. The van der Waals surface area contributed by atoms with Gasteiger partial charge in [0.15, 0.2) is 0 Å². The summed E-state index contributed by atoms with van der Waals surface area (Å²) >= 11 is 1.70. The number of likely N-dealkylation sites (N-methyl/N-ethyl adjacent to an activating group) is 1. The highest BCUT2D eigenvalue weighted by molar-refractivity contribution is 7.14. The van der Waals surface area contributed by atoms with Gasteiger partial charge in [0.2, 0.25) is 0 Å². The van der Waals surface area contributed by atoms with Crippen molar-refractivity contribution in [1.29, 1.82) is 0 Å². The molecule has 0 bridgehead atoms. The quantitative estimate of drug-likeness (QED) is 0.708. The molecular formula is C22H30N2OS. The maximum atomic E-state index is 12.8. The van der Waals surface area contributed by atoms with Gasteiger partial charge in [0.25, 0.3) is 5.91 Å². The van der Waals surface area contributed by atoms with Crippen molar-refractivity contribution in [2.45, 2.75) is 52.0 Å². The highest BCUT2D eigenvalue weighted by Gasteiger charge is 2.21. The van der Waals surface area contributed by atoms with Crippen LogP contribution in [0.25, 0.3) is 0 Å². The van der Waals surface area contributed by atoms with Crippen LogP contribution in [0.15, 0.2) is 36.4 Å². The fraction of sp³-hybridized carbons (Fsp3) is 0.500. The molecule has 2 aromatic rings. The van der Waals surface area contributed by atoms with Crippen molar-refractivity contribution in [3.05, 3.63) is 57.3 Å². The molecule has 1 aromatic carbocycles. The van der Waals surface area contributed by atoms with Crippen molar-refractivity contribution in [3.63, 3.8) is 0 Å². The smallest absolute Gasteiger partial charge is 0.261 e. The zero-order valence-electron chi connectivity index (χ0n) is 16.0. The lowest BCUT2D eigenvalue weighted by Crippen LogP contribution is -2.37. The molecule has 0 radical (unpaired) electrons. The van der Waals surface area contributed by atoms with E-state index in [0.717, 1.165) is 30.8 Å². The van der Waals surface area contributed by atoms with Crippen molar-refractivity contribution in [3.8, 4) is 0 Å². The Morgan fingerprint density at radius 2 is 1.85 bits per heavy atom. The monoisotopic (exact) mass is 370 g/mol. The summed E-state index contributed by atoms with van der Waals surface area (Å²) < 4.78 is 0. The number of thiophene rings is 1. The van der Waals surface area contributed by atoms with Gasteiger partial charge in [0.1, 0.15) is 0 Å². The number of hydrogen-bond acceptors (Lipinski definition) is 3. The van der Waals surface area contributed by atoms with Gasteiger partial charge in [-0.25, -0.2) is 0 Å². The van der Waals surface area contributed by atoms with E-state index in [-0.39, 0.29) is 11.9 Å². The minimum Gasteiger partial charge on any atom is -0.349 e. The molecule has 1 heterocycles. The first-order valence-corrected chi connectivity index (χ1v) is 10.7. The van der Waals surface area contributed by atoms with Crippen LogP contribution in [0.2, 0.25) is 0 Å². The third-order valence-electron chi connectivity index (χ3n) is 5.36. The molecule has 1 aliphatic rings. The third kappa shape index (κ3) is 4.54. The highest BCUT2D eigenvalue weighted by atomic mass is 32.1. The molecule has 0 saturated carbocycles. The van der Waals surface area contributed by atoms with Crippen molar-refractivity contribution in [2.75, 3.05) is 19.6 Å². The third-order valence-corrected chi connectivity index (χ3v) is 6.60. The van der Waals surface area contributed by atoms with E-state index >= 15 is 0 Å². The molecule has 26 heavy (non-hydrogen) atoms. The summed E-state index contributed by atoms with van der Waals surface area (Å²) in [6.45, 7) is 6.95. The number of rotatable bonds is 7. The number of fused-ring (bicyclic) bond motifs is 1. The minimum atomic E-state index is 0.0798. The predicted octanol–water partition coefficient (Wildman–Crippen LogP) is 4.83. The van der Waals surface area contributed by atoms with Crippen LogP contribution in [-0.4, -0.2) is 30.4 Å². The van der Waals surface area contributed by atoms with Gasteiger partial charge in [-0.2, -0.15) is 0 Å². The molecule has 0 saturated heterocycles. The lowest BCUT2D eigenvalue weighted by Gasteiger charge is -2.30. The van der Waals surface area contributed by atoms with E-state index in [1.54, 1.807) is 11.3 Å². The zero-order valence-corrected chi connectivity index (χ0v) is 16.8. The number of hydrogen-bond donors (Lipinski definition) is 1. The van der Waals surface area contributed by atoms with Gasteiger partial charge in [-0.3, -0.25) is 9.69 Å². The minimum absolute atomic E-state index is 0.0798. The van der Waals surface area contributed by atoms with Gasteiger partial charge < -0.3 is 5.32 Å². The number of carbonyl (C=O) groups excluding carboxylic acids is 1. The van der Waals surface area contributed by atoms with Crippen molar-refractivity contribution in [2.24, 2.45) is 0 Å². The molecule has 1 aromatic heterocycles. The van der Waals surface area contributed by atoms with E-state index in [0.29, 0.717) is 6.54 Å². The SMILES string of the molecule is CCN(CC)C(CNC(=O)c1cc2c(s1)CCCCC2)c1ccccc1. The molecule has 140 valence electrons. The van der Waals surface area contributed by atoms with Gasteiger partial charge in [-0.15, -0.1) is 11.3 Å². The Bertz CT molecular complexity index is 683. The maximum Gasteiger partial charge on any atom is 0.261 e. The average molecular weight is 371 g/mol. The second-order valence-corrected chi connectivity index (χ2v) is 8.11. The van der Waals surface area contributed by atoms with Gasteiger partial charge in [-0.05, 0) is 56.0 Å². The molecule has 3 rings (SSSR count). The number of nitrogens with zero attached hydrogens (tertiary/aromatic N) is 1. The molecule has 0 spiro atoms.